The van der Waals surface area contributed by atoms with E-state index >= 15 is 0 Å². The van der Waals surface area contributed by atoms with Crippen LogP contribution in [0.1, 0.15) is 6.42 Å². The van der Waals surface area contributed by atoms with Crippen molar-refractivity contribution < 1.29 is 30.1 Å². The third-order valence-corrected chi connectivity index (χ3v) is 3.95. The van der Waals surface area contributed by atoms with Crippen LogP contribution in [0.5, 0.6) is 5.75 Å². The molecule has 0 amide bonds. The van der Waals surface area contributed by atoms with Gasteiger partial charge in [-0.05, 0) is 30.7 Å². The van der Waals surface area contributed by atoms with Gasteiger partial charge in [0.05, 0.1) is 5.75 Å². The fourth-order valence-electron chi connectivity index (χ4n) is 1.96. The van der Waals surface area contributed by atoms with Gasteiger partial charge in [0.2, 0.25) is 0 Å². The lowest BCUT2D eigenvalue weighted by Crippen LogP contribution is -2.07. The molecule has 0 aliphatic carbocycles. The van der Waals surface area contributed by atoms with Crippen LogP contribution in [0.15, 0.2) is 30.5 Å². The van der Waals surface area contributed by atoms with Gasteiger partial charge in [0.15, 0.2) is 0 Å². The molecule has 8 nitrogen and oxygen atoms in total. The van der Waals surface area contributed by atoms with Crippen molar-refractivity contribution in [1.29, 1.82) is 0 Å². The first-order valence-corrected chi connectivity index (χ1v) is 8.82. The van der Waals surface area contributed by atoms with E-state index in [4.69, 9.17) is 9.11 Å². The molecule has 2 aromatic rings. The lowest BCUT2D eigenvalue weighted by molar-refractivity contribution is 0.387. The normalized spacial score (nSPS) is 12.7. The van der Waals surface area contributed by atoms with E-state index in [1.54, 1.807) is 22.9 Å². The van der Waals surface area contributed by atoms with E-state index in [0.717, 1.165) is 5.52 Å². The second kappa shape index (κ2) is 5.64. The number of aromatic nitrogens is 1. The first-order chi connectivity index (χ1) is 9.64. The molecule has 0 aliphatic heterocycles. The van der Waals surface area contributed by atoms with Gasteiger partial charge in [-0.25, -0.2) is 0 Å². The molecule has 0 radical (unpaired) electrons. The molecule has 0 aliphatic rings. The summed E-state index contributed by atoms with van der Waals surface area (Å²) in [5.41, 5.74) is 0.744. The molecule has 1 heterocycles. The highest BCUT2D eigenvalue weighted by Crippen LogP contribution is 2.23. The van der Waals surface area contributed by atoms with Crippen LogP contribution in [0.4, 0.5) is 0 Å². The lowest BCUT2D eigenvalue weighted by Gasteiger charge is -2.05. The summed E-state index contributed by atoms with van der Waals surface area (Å²) in [6.45, 7) is 0.377. The van der Waals surface area contributed by atoms with Gasteiger partial charge in [-0.15, -0.1) is 0 Å². The van der Waals surface area contributed by atoms with Crippen LogP contribution in [0.3, 0.4) is 0 Å². The van der Waals surface area contributed by atoms with Crippen LogP contribution in [-0.4, -0.2) is 36.3 Å². The Bertz CT molecular complexity index is 852. The Morgan fingerprint density at radius 1 is 1.10 bits per heavy atom. The molecular weight excluding hydrogens is 322 g/mol. The molecule has 116 valence electrons. The quantitative estimate of drug-likeness (QED) is 0.758. The maximum Gasteiger partial charge on any atom is 0.446 e. The zero-order valence-corrected chi connectivity index (χ0v) is 12.3. The number of hydrogen-bond acceptors (Lipinski definition) is 5. The Morgan fingerprint density at radius 3 is 2.43 bits per heavy atom. The minimum Gasteiger partial charge on any atom is -0.362 e. The number of aryl methyl sites for hydroxylation is 1. The number of fused-ring (bicyclic) bond motifs is 1. The second-order valence-corrected chi connectivity index (χ2v) is 6.97. The van der Waals surface area contributed by atoms with Crippen molar-refractivity contribution in [1.82, 2.24) is 4.57 Å². The summed E-state index contributed by atoms with van der Waals surface area (Å²) in [7, 11) is -8.56. The predicted molar refractivity (Wildman–Crippen MR) is 75.1 cm³/mol. The van der Waals surface area contributed by atoms with Gasteiger partial charge < -0.3 is 8.75 Å². The molecule has 0 saturated carbocycles. The number of rotatable bonds is 6. The highest BCUT2D eigenvalue weighted by Gasteiger charge is 2.10. The lowest BCUT2D eigenvalue weighted by atomic mass is 10.2. The van der Waals surface area contributed by atoms with Crippen LogP contribution < -0.4 is 4.18 Å². The molecule has 2 N–H and O–H groups in total. The molecule has 0 spiro atoms. The predicted octanol–water partition coefficient (Wildman–Crippen LogP) is 1.10. The molecule has 0 saturated heterocycles. The molecule has 1 aromatic carbocycles. The summed E-state index contributed by atoms with van der Waals surface area (Å²) in [4.78, 5) is 0. The Morgan fingerprint density at radius 2 is 1.81 bits per heavy atom. The van der Waals surface area contributed by atoms with E-state index in [9.17, 15) is 16.8 Å². The molecule has 1 aromatic heterocycles. The van der Waals surface area contributed by atoms with Gasteiger partial charge in [0, 0.05) is 23.6 Å². The van der Waals surface area contributed by atoms with Crippen molar-refractivity contribution in [3.63, 3.8) is 0 Å². The van der Waals surface area contributed by atoms with Crippen molar-refractivity contribution >= 4 is 31.4 Å². The fourth-order valence-corrected chi connectivity index (χ4v) is 2.80. The summed E-state index contributed by atoms with van der Waals surface area (Å²) < 4.78 is 65.9. The topological polar surface area (TPSA) is 123 Å². The average Bonchev–Trinajstić information content (AvgIpc) is 2.68. The van der Waals surface area contributed by atoms with E-state index in [0.29, 0.717) is 11.9 Å². The second-order valence-electron chi connectivity index (χ2n) is 4.38. The third-order valence-electron chi connectivity index (χ3n) is 2.75. The van der Waals surface area contributed by atoms with Crippen molar-refractivity contribution in [3.05, 3.63) is 30.5 Å². The maximum atomic E-state index is 10.7. The molecule has 21 heavy (non-hydrogen) atoms. The molecular formula is C11H13NO7S2. The van der Waals surface area contributed by atoms with Crippen LogP contribution in [0, 0.1) is 0 Å². The molecule has 2 rings (SSSR count). The van der Waals surface area contributed by atoms with Gasteiger partial charge in [-0.2, -0.15) is 16.8 Å². The zero-order chi connectivity index (χ0) is 15.7. The number of benzene rings is 1. The van der Waals surface area contributed by atoms with Crippen molar-refractivity contribution in [2.75, 3.05) is 5.75 Å². The summed E-state index contributed by atoms with van der Waals surface area (Å²) in [6, 6.07) is 6.08. The minimum absolute atomic E-state index is 0.0271. The zero-order valence-electron chi connectivity index (χ0n) is 10.7. The van der Waals surface area contributed by atoms with Crippen LogP contribution >= 0.6 is 0 Å². The molecule has 0 atom stereocenters. The summed E-state index contributed by atoms with van der Waals surface area (Å²) >= 11 is 0. The van der Waals surface area contributed by atoms with E-state index in [1.165, 1.54) is 12.1 Å². The highest BCUT2D eigenvalue weighted by molar-refractivity contribution is 7.85. The van der Waals surface area contributed by atoms with E-state index < -0.39 is 20.5 Å². The Balaban J connectivity index is 2.17. The molecule has 10 heteroatoms. The van der Waals surface area contributed by atoms with Crippen LogP contribution in [-0.2, 0) is 27.1 Å². The third kappa shape index (κ3) is 4.70. The molecule has 0 unspecified atom stereocenters. The van der Waals surface area contributed by atoms with Gasteiger partial charge in [0.25, 0.3) is 10.1 Å². The van der Waals surface area contributed by atoms with Gasteiger partial charge in [-0.1, -0.05) is 0 Å². The largest absolute Gasteiger partial charge is 0.446 e. The van der Waals surface area contributed by atoms with E-state index in [2.05, 4.69) is 4.18 Å². The molecule has 0 fully saturated rings. The monoisotopic (exact) mass is 335 g/mol. The Hall–Kier alpha value is -1.62. The Labute approximate surface area is 121 Å². The average molecular weight is 335 g/mol. The van der Waals surface area contributed by atoms with Crippen molar-refractivity contribution in [2.45, 2.75) is 13.0 Å². The van der Waals surface area contributed by atoms with E-state index in [1.807, 2.05) is 0 Å². The van der Waals surface area contributed by atoms with Crippen molar-refractivity contribution in [3.8, 4) is 5.75 Å². The first kappa shape index (κ1) is 15.8. The van der Waals surface area contributed by atoms with Crippen LogP contribution in [0.2, 0.25) is 0 Å². The SMILES string of the molecule is O=S(=O)(O)CCCn1ccc2cc(OS(=O)(=O)O)ccc21. The standard InChI is InChI=1S/C11H13NO7S2/c13-20(14,15)7-1-5-12-6-4-9-8-10(2-3-11(9)12)19-21(16,17)18/h2-4,6,8H,1,5,7H2,(H,13,14,15)(H,16,17,18). The summed E-state index contributed by atoms with van der Waals surface area (Å²) in [5, 5.41) is 0.669. The molecule has 0 bridgehead atoms. The minimum atomic E-state index is -4.57. The summed E-state index contributed by atoms with van der Waals surface area (Å²) in [5.74, 6) is -0.364. The maximum absolute atomic E-state index is 10.7. The van der Waals surface area contributed by atoms with Gasteiger partial charge in [-0.3, -0.25) is 9.11 Å². The van der Waals surface area contributed by atoms with Crippen LogP contribution in [0.25, 0.3) is 10.9 Å². The first-order valence-electron chi connectivity index (χ1n) is 5.85. The smallest absolute Gasteiger partial charge is 0.362 e. The van der Waals surface area contributed by atoms with E-state index in [-0.39, 0.29) is 17.9 Å². The van der Waals surface area contributed by atoms with Crippen molar-refractivity contribution in [2.24, 2.45) is 0 Å². The number of nitrogens with zero attached hydrogens (tertiary/aromatic N) is 1. The fraction of sp³-hybridized carbons (Fsp3) is 0.273. The summed E-state index contributed by atoms with van der Waals surface area (Å²) in [6.07, 6.45) is 1.94. The van der Waals surface area contributed by atoms with Gasteiger partial charge in [0.1, 0.15) is 5.75 Å². The Kier molecular flexibility index (Phi) is 4.23. The van der Waals surface area contributed by atoms with Gasteiger partial charge >= 0.3 is 10.4 Å². The highest BCUT2D eigenvalue weighted by atomic mass is 32.3. The number of hydrogen-bond donors (Lipinski definition) is 2.